The van der Waals surface area contributed by atoms with E-state index in [0.717, 1.165) is 0 Å². The lowest BCUT2D eigenvalue weighted by Gasteiger charge is -2.05. The molecule has 0 radical (unpaired) electrons. The Hall–Kier alpha value is -2.44. The number of aryl methyl sites for hydroxylation is 1. The van der Waals surface area contributed by atoms with Crippen LogP contribution < -0.4 is 10.3 Å². The second-order valence-electron chi connectivity index (χ2n) is 5.23. The maximum absolute atomic E-state index is 12.7. The largest absolute Gasteiger partial charge is 0.495 e. The van der Waals surface area contributed by atoms with Crippen molar-refractivity contribution in [1.82, 2.24) is 29.1 Å². The van der Waals surface area contributed by atoms with Crippen LogP contribution >= 0.6 is 21.0 Å². The Bertz CT molecular complexity index is 1160. The first-order chi connectivity index (χ1) is 11.5. The monoisotopic (exact) mass is 362 g/mol. The number of nitrogens with one attached hydrogen (secondary N) is 1. The summed E-state index contributed by atoms with van der Waals surface area (Å²) in [5.74, 6) is 0.928. The number of ether oxygens (including phenoxy) is 1. The third kappa shape index (κ3) is 2.11. The molecule has 8 nitrogen and oxygen atoms in total. The molecule has 0 aliphatic heterocycles. The molecule has 1 N–H and O–H groups in total. The summed E-state index contributed by atoms with van der Waals surface area (Å²) in [5.41, 5.74) is 2.22. The number of aromatic nitrogens is 6. The van der Waals surface area contributed by atoms with Crippen LogP contribution in [0.25, 0.3) is 33.6 Å². The molecule has 4 heterocycles. The molecule has 0 fully saturated rings. The smallest absolute Gasteiger partial charge is 0.266 e. The van der Waals surface area contributed by atoms with Gasteiger partial charge in [0.1, 0.15) is 22.7 Å². The van der Waals surface area contributed by atoms with Crippen molar-refractivity contribution in [1.29, 1.82) is 0 Å². The van der Waals surface area contributed by atoms with E-state index in [1.165, 1.54) is 4.34 Å². The third-order valence-corrected chi connectivity index (χ3v) is 4.59. The normalized spacial score (nSPS) is 11.5. The zero-order valence-electron chi connectivity index (χ0n) is 12.7. The van der Waals surface area contributed by atoms with Gasteiger partial charge in [0.25, 0.3) is 5.56 Å². The van der Waals surface area contributed by atoms with Crippen LogP contribution in [0.1, 0.15) is 0 Å². The number of methoxy groups -OCH3 is 1. The van der Waals surface area contributed by atoms with E-state index in [-0.39, 0.29) is 16.1 Å². The number of rotatable bonds is 2. The topological polar surface area (TPSA) is 90.6 Å². The first kappa shape index (κ1) is 15.1. The van der Waals surface area contributed by atoms with Gasteiger partial charge in [0, 0.05) is 19.3 Å². The predicted octanol–water partition coefficient (Wildman–Crippen LogP) is 1.97. The summed E-state index contributed by atoms with van der Waals surface area (Å²) >= 11 is 6.45. The number of aromatic amines is 1. The van der Waals surface area contributed by atoms with Crippen molar-refractivity contribution in [3.8, 4) is 17.1 Å². The quantitative estimate of drug-likeness (QED) is 0.551. The van der Waals surface area contributed by atoms with Gasteiger partial charge in [-0.15, -0.1) is 0 Å². The van der Waals surface area contributed by atoms with Crippen molar-refractivity contribution in [3.05, 3.63) is 33.8 Å². The third-order valence-electron chi connectivity index (χ3n) is 3.71. The lowest BCUT2D eigenvalue weighted by atomic mass is 10.2. The van der Waals surface area contributed by atoms with Gasteiger partial charge in [-0.05, 0) is 9.39 Å². The molecular formula is C14H12ClN6O2P. The van der Waals surface area contributed by atoms with Crippen LogP contribution in [-0.4, -0.2) is 36.2 Å². The van der Waals surface area contributed by atoms with E-state index in [1.54, 1.807) is 37.3 Å². The summed E-state index contributed by atoms with van der Waals surface area (Å²) < 4.78 is 8.17. The lowest BCUT2D eigenvalue weighted by molar-refractivity contribution is 0.413. The number of halogens is 1. The molecule has 1 unspecified atom stereocenters. The Morgan fingerprint density at radius 1 is 1.42 bits per heavy atom. The molecule has 4 aromatic heterocycles. The highest BCUT2D eigenvalue weighted by Crippen LogP contribution is 2.31. The molecular weight excluding hydrogens is 351 g/mol. The molecule has 122 valence electrons. The molecule has 0 saturated heterocycles. The average Bonchev–Trinajstić information content (AvgIpc) is 3.15. The van der Waals surface area contributed by atoms with Crippen LogP contribution in [0, 0.1) is 0 Å². The Balaban J connectivity index is 2.04. The molecule has 0 amide bonds. The Morgan fingerprint density at radius 3 is 2.96 bits per heavy atom. The van der Waals surface area contributed by atoms with E-state index in [9.17, 15) is 4.79 Å². The molecule has 24 heavy (non-hydrogen) atoms. The standard InChI is InChI=1S/C14H12ClN6O2P/c1-20-5-8-11(19-20)10(15)9(14(22)21(8)24)13-17-7-3-6(23-2)4-16-12(7)18-13/h3-5H,24H2,1-2H3,(H,16,17,18). The highest BCUT2D eigenvalue weighted by Gasteiger charge is 2.21. The van der Waals surface area contributed by atoms with Crippen molar-refractivity contribution < 1.29 is 4.74 Å². The summed E-state index contributed by atoms with van der Waals surface area (Å²) in [7, 11) is 5.70. The second-order valence-corrected chi connectivity index (χ2v) is 6.13. The van der Waals surface area contributed by atoms with Crippen LogP contribution in [0.5, 0.6) is 5.75 Å². The summed E-state index contributed by atoms with van der Waals surface area (Å²) in [4.78, 5) is 24.4. The average molecular weight is 363 g/mol. The fraction of sp³-hybridized carbons (Fsp3) is 0.143. The number of hydrogen-bond donors (Lipinski definition) is 1. The van der Waals surface area contributed by atoms with Gasteiger partial charge in [-0.1, -0.05) is 11.6 Å². The SMILES string of the molecule is COc1cnc2nc(-c3c(Cl)c4nn(C)cc4n(P)c3=O)[nH]c2c1. The number of H-pyrrole nitrogens is 1. The van der Waals surface area contributed by atoms with Crippen LogP contribution in [0.4, 0.5) is 0 Å². The first-order valence-corrected chi connectivity index (χ1v) is 7.82. The van der Waals surface area contributed by atoms with Crippen molar-refractivity contribution in [2.75, 3.05) is 7.11 Å². The van der Waals surface area contributed by atoms with E-state index in [1.807, 2.05) is 0 Å². The van der Waals surface area contributed by atoms with Crippen molar-refractivity contribution in [2.45, 2.75) is 0 Å². The molecule has 0 aliphatic rings. The molecule has 4 rings (SSSR count). The first-order valence-electron chi connectivity index (χ1n) is 6.92. The predicted molar refractivity (Wildman–Crippen MR) is 94.5 cm³/mol. The zero-order valence-corrected chi connectivity index (χ0v) is 14.7. The van der Waals surface area contributed by atoms with Gasteiger partial charge < -0.3 is 9.72 Å². The molecule has 0 bridgehead atoms. The molecule has 0 aliphatic carbocycles. The molecule has 4 aromatic rings. The number of fused-ring (bicyclic) bond motifs is 2. The lowest BCUT2D eigenvalue weighted by Crippen LogP contribution is -2.16. The van der Waals surface area contributed by atoms with Gasteiger partial charge in [-0.2, -0.15) is 5.10 Å². The fourth-order valence-electron chi connectivity index (χ4n) is 2.57. The number of hydrogen-bond acceptors (Lipinski definition) is 5. The van der Waals surface area contributed by atoms with Gasteiger partial charge in [-0.25, -0.2) is 9.97 Å². The molecule has 1 atom stereocenters. The summed E-state index contributed by atoms with van der Waals surface area (Å²) in [5, 5.41) is 4.57. The zero-order chi connectivity index (χ0) is 17.0. The van der Waals surface area contributed by atoms with Gasteiger partial charge in [0.15, 0.2) is 5.65 Å². The molecule has 0 spiro atoms. The minimum absolute atomic E-state index is 0.245. The highest BCUT2D eigenvalue weighted by molar-refractivity contribution is 7.14. The minimum Gasteiger partial charge on any atom is -0.495 e. The molecule has 0 saturated carbocycles. The molecule has 10 heteroatoms. The van der Waals surface area contributed by atoms with E-state index >= 15 is 0 Å². The van der Waals surface area contributed by atoms with E-state index in [0.29, 0.717) is 33.8 Å². The number of pyridine rings is 2. The van der Waals surface area contributed by atoms with Crippen LogP contribution in [0.2, 0.25) is 5.02 Å². The van der Waals surface area contributed by atoms with Gasteiger partial charge in [0.2, 0.25) is 0 Å². The Labute approximate surface area is 142 Å². The van der Waals surface area contributed by atoms with Gasteiger partial charge in [0.05, 0.1) is 29.4 Å². The molecule has 0 aromatic carbocycles. The maximum Gasteiger partial charge on any atom is 0.266 e. The van der Waals surface area contributed by atoms with E-state index in [2.05, 4.69) is 29.4 Å². The van der Waals surface area contributed by atoms with Crippen molar-refractivity contribution >= 4 is 43.2 Å². The highest BCUT2D eigenvalue weighted by atomic mass is 35.5. The van der Waals surface area contributed by atoms with Crippen LogP contribution in [-0.2, 0) is 7.05 Å². The van der Waals surface area contributed by atoms with Crippen LogP contribution in [0.15, 0.2) is 23.3 Å². The van der Waals surface area contributed by atoms with Crippen LogP contribution in [0.3, 0.4) is 0 Å². The van der Waals surface area contributed by atoms with Crippen molar-refractivity contribution in [2.24, 2.45) is 7.05 Å². The summed E-state index contributed by atoms with van der Waals surface area (Å²) in [6, 6.07) is 1.76. The summed E-state index contributed by atoms with van der Waals surface area (Å²) in [6.07, 6.45) is 3.29. The van der Waals surface area contributed by atoms with Crippen molar-refractivity contribution in [3.63, 3.8) is 0 Å². The maximum atomic E-state index is 12.7. The van der Waals surface area contributed by atoms with E-state index in [4.69, 9.17) is 16.3 Å². The Morgan fingerprint density at radius 2 is 2.21 bits per heavy atom. The number of imidazole rings is 1. The second kappa shape index (κ2) is 5.29. The number of nitrogens with zero attached hydrogens (tertiary/aromatic N) is 5. The van der Waals surface area contributed by atoms with Gasteiger partial charge in [-0.3, -0.25) is 13.8 Å². The Kier molecular flexibility index (Phi) is 3.33. The summed E-state index contributed by atoms with van der Waals surface area (Å²) in [6.45, 7) is 0. The van der Waals surface area contributed by atoms with Gasteiger partial charge >= 0.3 is 0 Å². The van der Waals surface area contributed by atoms with E-state index < -0.39 is 0 Å². The fourth-order valence-corrected chi connectivity index (χ4v) is 3.19. The minimum atomic E-state index is -0.295.